The average Bonchev–Trinajstić information content (AvgIpc) is 1.68. The lowest BCUT2D eigenvalue weighted by atomic mass is 10.1. The first-order chi connectivity index (χ1) is 47.8. The Morgan fingerprint density at radius 1 is 0.444 bits per heavy atom. The van der Waals surface area contributed by atoms with Crippen LogP contribution in [0.3, 0.4) is 0 Å². The molecule has 10 aromatic heterocycles. The summed E-state index contributed by atoms with van der Waals surface area (Å²) in [6.45, 7) is 8.24. The van der Waals surface area contributed by atoms with Crippen LogP contribution in [-0.4, -0.2) is 76.2 Å². The SMILES string of the molecule is C=CCCC(=O)c1sc(-c2ccncc2)nc1Cc1ccc(Cl)cc1.C=CCn1ccnc1-c1sc(-c2ccncc2)nc1Cc1ccc(Cl)cc1.Cl.Clc1ccc(Cc2nc(-c3ccncc3)sc2-c2ncc[nH]2)cc1.O=C(O)c1sc(-c2ccncc2)nc1Cc1ccc(Cl)cc1. The van der Waals surface area contributed by atoms with Crippen molar-refractivity contribution in [1.82, 2.24) is 59.4 Å². The number of H-pyrrole nitrogens is 1. The van der Waals surface area contributed by atoms with E-state index in [2.05, 4.69) is 57.6 Å². The molecule has 0 fully saturated rings. The predicted molar refractivity (Wildman–Crippen MR) is 405 cm³/mol. The predicted octanol–water partition coefficient (Wildman–Crippen LogP) is 20.5. The molecular weight excluding hydrogens is 1420 g/mol. The molecule has 0 spiro atoms. The number of hydrogen-bond acceptors (Lipinski definition) is 16. The van der Waals surface area contributed by atoms with Gasteiger partial charge in [-0.25, -0.2) is 34.7 Å². The van der Waals surface area contributed by atoms with Gasteiger partial charge in [0.05, 0.1) is 37.4 Å². The highest BCUT2D eigenvalue weighted by atomic mass is 35.5. The fourth-order valence-electron chi connectivity index (χ4n) is 9.83. The highest BCUT2D eigenvalue weighted by Crippen LogP contribution is 2.38. The number of allylic oxidation sites excluding steroid dienone is 2. The van der Waals surface area contributed by atoms with Crippen molar-refractivity contribution in [3.63, 3.8) is 0 Å². The molecule has 4 aromatic carbocycles. The number of rotatable bonds is 21. The van der Waals surface area contributed by atoms with Gasteiger partial charge in [-0.2, -0.15) is 0 Å². The van der Waals surface area contributed by atoms with E-state index in [1.807, 2.05) is 158 Å². The van der Waals surface area contributed by atoms with Gasteiger partial charge in [0.1, 0.15) is 30.7 Å². The lowest BCUT2D eigenvalue weighted by Crippen LogP contribution is -2.01. The third-order valence-electron chi connectivity index (χ3n) is 14.6. The van der Waals surface area contributed by atoms with Gasteiger partial charge in [0.2, 0.25) is 0 Å². The molecule has 0 bridgehead atoms. The van der Waals surface area contributed by atoms with E-state index in [-0.39, 0.29) is 23.1 Å². The van der Waals surface area contributed by atoms with E-state index in [0.29, 0.717) is 53.0 Å². The first kappa shape index (κ1) is 72.2. The van der Waals surface area contributed by atoms with Crippen LogP contribution in [0.25, 0.3) is 63.7 Å². The molecular formula is C75H59Cl5N12O3S4. The number of carbonyl (C=O) groups excluding carboxylic acids is 1. The summed E-state index contributed by atoms with van der Waals surface area (Å²) in [4.78, 5) is 74.5. The number of hydrogen-bond donors (Lipinski definition) is 2. The van der Waals surface area contributed by atoms with Gasteiger partial charge in [0.25, 0.3) is 0 Å². The second-order valence-electron chi connectivity index (χ2n) is 21.5. The first-order valence-electron chi connectivity index (χ1n) is 30.4. The number of benzene rings is 4. The van der Waals surface area contributed by atoms with Crippen molar-refractivity contribution >= 4 is 116 Å². The average molecular weight is 1480 g/mol. The van der Waals surface area contributed by atoms with Crippen LogP contribution in [0.4, 0.5) is 0 Å². The monoisotopic (exact) mass is 1480 g/mol. The van der Waals surface area contributed by atoms with Crippen molar-refractivity contribution in [2.45, 2.75) is 45.1 Å². The number of aromatic nitrogens is 12. The summed E-state index contributed by atoms with van der Waals surface area (Å²) in [5, 5.41) is 15.7. The zero-order valence-electron chi connectivity index (χ0n) is 52.5. The molecule has 14 rings (SSSR count). The molecule has 0 aliphatic rings. The third kappa shape index (κ3) is 19.9. The van der Waals surface area contributed by atoms with E-state index < -0.39 is 5.97 Å². The highest BCUT2D eigenvalue weighted by Gasteiger charge is 2.23. The molecule has 24 heteroatoms. The Hall–Kier alpha value is -9.51. The maximum absolute atomic E-state index is 12.6. The molecule has 0 unspecified atom stereocenters. The minimum atomic E-state index is -0.957. The number of ketones is 1. The quantitative estimate of drug-likeness (QED) is 0.0508. The molecule has 0 atom stereocenters. The van der Waals surface area contributed by atoms with Gasteiger partial charge < -0.3 is 14.7 Å². The molecule has 0 radical (unpaired) electrons. The Labute approximate surface area is 613 Å². The number of aromatic amines is 1. The van der Waals surface area contributed by atoms with Crippen LogP contribution in [0, 0.1) is 0 Å². The first-order valence-corrected chi connectivity index (χ1v) is 35.2. The van der Waals surface area contributed by atoms with E-state index in [0.717, 1.165) is 120 Å². The molecule has 496 valence electrons. The van der Waals surface area contributed by atoms with Gasteiger partial charge >= 0.3 is 5.97 Å². The van der Waals surface area contributed by atoms with Gasteiger partial charge in [-0.1, -0.05) is 107 Å². The molecule has 10 heterocycles. The van der Waals surface area contributed by atoms with Crippen LogP contribution < -0.4 is 0 Å². The van der Waals surface area contributed by atoms with E-state index >= 15 is 0 Å². The number of halogens is 5. The molecule has 14 aromatic rings. The molecule has 0 aliphatic carbocycles. The van der Waals surface area contributed by atoms with Crippen molar-refractivity contribution in [3.8, 4) is 63.7 Å². The second kappa shape index (κ2) is 35.8. The Balaban J connectivity index is 0.000000143. The van der Waals surface area contributed by atoms with E-state index in [1.165, 1.54) is 28.2 Å². The van der Waals surface area contributed by atoms with Gasteiger partial charge in [-0.3, -0.25) is 24.7 Å². The summed E-state index contributed by atoms with van der Waals surface area (Å²) in [5.74, 6) is 0.914. The molecule has 0 aliphatic heterocycles. The van der Waals surface area contributed by atoms with Crippen molar-refractivity contribution in [2.75, 3.05) is 0 Å². The largest absolute Gasteiger partial charge is 0.477 e. The van der Waals surface area contributed by atoms with Crippen molar-refractivity contribution in [2.24, 2.45) is 0 Å². The van der Waals surface area contributed by atoms with Crippen LogP contribution in [0.1, 0.15) is 77.2 Å². The Bertz CT molecular complexity index is 4900. The van der Waals surface area contributed by atoms with Crippen LogP contribution in [-0.2, 0) is 32.2 Å². The van der Waals surface area contributed by atoms with Gasteiger partial charge in [-0.05, 0) is 126 Å². The highest BCUT2D eigenvalue weighted by molar-refractivity contribution is 7.19. The minimum absolute atomic E-state index is 0. The fraction of sp³-hybridized carbons (Fsp3) is 0.0933. The van der Waals surface area contributed by atoms with Crippen molar-refractivity contribution in [3.05, 3.63) is 320 Å². The Kier molecular flexibility index (Phi) is 26.1. The van der Waals surface area contributed by atoms with Crippen LogP contribution >= 0.6 is 104 Å². The number of nitrogens with one attached hydrogen (secondary N) is 1. The van der Waals surface area contributed by atoms with E-state index in [9.17, 15) is 14.7 Å². The normalized spacial score (nSPS) is 10.6. The summed E-state index contributed by atoms with van der Waals surface area (Å²) >= 11 is 29.7. The number of pyridine rings is 4. The number of carbonyl (C=O) groups is 2. The summed E-state index contributed by atoms with van der Waals surface area (Å²) < 4.78 is 2.09. The van der Waals surface area contributed by atoms with Crippen LogP contribution in [0.15, 0.2) is 245 Å². The molecule has 15 nitrogen and oxygen atoms in total. The van der Waals surface area contributed by atoms with Crippen LogP contribution in [0.2, 0.25) is 20.1 Å². The minimum Gasteiger partial charge on any atom is -0.477 e. The van der Waals surface area contributed by atoms with Crippen molar-refractivity contribution in [1.29, 1.82) is 0 Å². The summed E-state index contributed by atoms with van der Waals surface area (Å²) in [6, 6.07) is 46.0. The number of carboxylic acid groups (broad SMARTS) is 1. The smallest absolute Gasteiger partial charge is 0.347 e. The maximum Gasteiger partial charge on any atom is 0.347 e. The van der Waals surface area contributed by atoms with Gasteiger partial charge in [0.15, 0.2) is 11.6 Å². The number of aromatic carboxylic acids is 1. The topological polar surface area (TPSA) is 204 Å². The molecule has 0 saturated heterocycles. The van der Waals surface area contributed by atoms with Gasteiger partial charge in [-0.15, -0.1) is 70.9 Å². The zero-order chi connectivity index (χ0) is 68.2. The Morgan fingerprint density at radius 2 is 0.808 bits per heavy atom. The second-order valence-corrected chi connectivity index (χ2v) is 27.3. The number of carboxylic acids is 1. The third-order valence-corrected chi connectivity index (χ3v) is 20.2. The van der Waals surface area contributed by atoms with Crippen molar-refractivity contribution < 1.29 is 14.7 Å². The number of imidazole rings is 2. The number of nitrogens with zero attached hydrogens (tertiary/aromatic N) is 11. The fourth-order valence-corrected chi connectivity index (χ4v) is 14.5. The van der Waals surface area contributed by atoms with Gasteiger partial charge in [0, 0.05) is 155 Å². The van der Waals surface area contributed by atoms with E-state index in [1.54, 1.807) is 96.7 Å². The lowest BCUT2D eigenvalue weighted by Gasteiger charge is -2.05. The number of thiazole rings is 4. The Morgan fingerprint density at radius 3 is 1.19 bits per heavy atom. The zero-order valence-corrected chi connectivity index (χ0v) is 59.6. The molecule has 99 heavy (non-hydrogen) atoms. The standard InChI is InChI=1S/C21H17ClN4S.C20H17ClN2OS.C18H13ClN4S.C16H11ClN2O2S.ClH/c1-2-12-26-13-11-24-20(26)19-18(14-15-3-5-17(22)6-4-15)25-21(27-19)16-7-9-23-10-8-16;1-2-3-4-18(24)19-17(13-14-5-7-16(21)8-6-14)23-20(25-19)15-9-11-22-12-10-15;19-14-3-1-12(2-4-14)11-15-16(17-21-9-10-22-17)24-18(23-15)13-5-7-20-8-6-13;17-12-3-1-10(2-4-12)9-13-14(16(20)21)22-15(19-13)11-5-7-18-8-6-11;/h2-11,13H,1,12,14H2;2,5-12H,1,3-4,13H2;1-10H,11H2,(H,21,22);1-8H,9H2,(H,20,21);1H. The van der Waals surface area contributed by atoms with E-state index in [4.69, 9.17) is 61.4 Å². The summed E-state index contributed by atoms with van der Waals surface area (Å²) in [5.41, 5.74) is 11.7. The molecule has 0 saturated carbocycles. The molecule has 0 amide bonds. The van der Waals surface area contributed by atoms with Crippen LogP contribution in [0.5, 0.6) is 0 Å². The summed E-state index contributed by atoms with van der Waals surface area (Å²) in [6.07, 6.45) is 28.6. The lowest BCUT2D eigenvalue weighted by molar-refractivity contribution is 0.0700. The maximum atomic E-state index is 12.6. The molecule has 2 N–H and O–H groups in total. The summed E-state index contributed by atoms with van der Waals surface area (Å²) in [7, 11) is 0. The number of Topliss-reactive ketones (excluding diaryl/α,β-unsaturated/α-hetero) is 1.